The Morgan fingerprint density at radius 2 is 2.14 bits per heavy atom. The van der Waals surface area contributed by atoms with Crippen molar-refractivity contribution in [3.63, 3.8) is 0 Å². The minimum Gasteiger partial charge on any atom is -0.361 e. The van der Waals surface area contributed by atoms with Crippen LogP contribution in [-0.2, 0) is 4.79 Å². The first-order chi connectivity index (χ1) is 10.7. The molecule has 0 radical (unpaired) electrons. The van der Waals surface area contributed by atoms with Gasteiger partial charge < -0.3 is 9.88 Å². The van der Waals surface area contributed by atoms with E-state index in [2.05, 4.69) is 41.3 Å². The second-order valence-corrected chi connectivity index (χ2v) is 6.28. The van der Waals surface area contributed by atoms with E-state index in [1.54, 1.807) is 6.08 Å². The Kier molecular flexibility index (Phi) is 4.44. The van der Waals surface area contributed by atoms with Gasteiger partial charge in [-0.15, -0.1) is 0 Å². The number of nitrogens with one attached hydrogen (secondary N) is 1. The molecule has 0 atom stereocenters. The number of aromatic amines is 1. The summed E-state index contributed by atoms with van der Waals surface area (Å²) in [5.74, 6) is 0.811. The zero-order valence-corrected chi connectivity index (χ0v) is 13.4. The first-order valence-corrected chi connectivity index (χ1v) is 8.18. The first kappa shape index (κ1) is 15.0. The normalized spacial score (nSPS) is 17.5. The van der Waals surface area contributed by atoms with Crippen molar-refractivity contribution < 1.29 is 4.79 Å². The molecule has 2 heterocycles. The fourth-order valence-electron chi connectivity index (χ4n) is 3.23. The molecule has 0 saturated carbocycles. The highest BCUT2D eigenvalue weighted by atomic mass is 16.1. The van der Waals surface area contributed by atoms with Crippen LogP contribution in [0, 0.1) is 0 Å². The highest BCUT2D eigenvalue weighted by molar-refractivity contribution is 5.94. The standard InChI is InChI=1S/C19H24N2O/c1-3-16(22)6-4-14-5-7-19-17(12-14)18(13-20-19)15-8-10-21(2)11-9-15/h4-7,12-13,15,20H,3,8-11H2,1-2H3/b6-4+. The van der Waals surface area contributed by atoms with E-state index in [9.17, 15) is 4.79 Å². The topological polar surface area (TPSA) is 36.1 Å². The largest absolute Gasteiger partial charge is 0.361 e. The predicted octanol–water partition coefficient (Wildman–Crippen LogP) is 3.97. The van der Waals surface area contributed by atoms with Gasteiger partial charge in [0.15, 0.2) is 5.78 Å². The van der Waals surface area contributed by atoms with E-state index in [1.807, 2.05) is 13.0 Å². The predicted molar refractivity (Wildman–Crippen MR) is 92.1 cm³/mol. The summed E-state index contributed by atoms with van der Waals surface area (Å²) in [6, 6.07) is 6.39. The number of carbonyl (C=O) groups excluding carboxylic acids is 1. The molecular weight excluding hydrogens is 272 g/mol. The van der Waals surface area contributed by atoms with E-state index in [-0.39, 0.29) is 5.78 Å². The third kappa shape index (κ3) is 3.14. The van der Waals surface area contributed by atoms with E-state index >= 15 is 0 Å². The zero-order chi connectivity index (χ0) is 15.5. The fourth-order valence-corrected chi connectivity index (χ4v) is 3.23. The number of aromatic nitrogens is 1. The quantitative estimate of drug-likeness (QED) is 0.867. The van der Waals surface area contributed by atoms with Crippen LogP contribution in [0.4, 0.5) is 0 Å². The molecule has 1 fully saturated rings. The maximum absolute atomic E-state index is 11.4. The zero-order valence-electron chi connectivity index (χ0n) is 13.4. The van der Waals surface area contributed by atoms with E-state index < -0.39 is 0 Å². The molecule has 1 aromatic heterocycles. The lowest BCUT2D eigenvalue weighted by atomic mass is 9.89. The second-order valence-electron chi connectivity index (χ2n) is 6.28. The highest BCUT2D eigenvalue weighted by Gasteiger charge is 2.20. The maximum Gasteiger partial charge on any atom is 0.155 e. The van der Waals surface area contributed by atoms with Gasteiger partial charge in [0, 0.05) is 23.5 Å². The number of fused-ring (bicyclic) bond motifs is 1. The Morgan fingerprint density at radius 1 is 1.36 bits per heavy atom. The molecular formula is C19H24N2O. The van der Waals surface area contributed by atoms with Crippen LogP contribution in [0.5, 0.6) is 0 Å². The van der Waals surface area contributed by atoms with Gasteiger partial charge in [0.1, 0.15) is 0 Å². The Balaban J connectivity index is 1.88. The highest BCUT2D eigenvalue weighted by Crippen LogP contribution is 2.33. The SMILES string of the molecule is CCC(=O)/C=C/c1ccc2[nH]cc(C3CCN(C)CC3)c2c1. The van der Waals surface area contributed by atoms with Gasteiger partial charge in [-0.3, -0.25) is 4.79 Å². The molecule has 0 aliphatic carbocycles. The van der Waals surface area contributed by atoms with Gasteiger partial charge in [0.25, 0.3) is 0 Å². The molecule has 2 aromatic rings. The number of piperidine rings is 1. The summed E-state index contributed by atoms with van der Waals surface area (Å²) in [7, 11) is 2.19. The summed E-state index contributed by atoms with van der Waals surface area (Å²) >= 11 is 0. The van der Waals surface area contributed by atoms with E-state index in [0.29, 0.717) is 12.3 Å². The number of hydrogen-bond acceptors (Lipinski definition) is 2. The van der Waals surface area contributed by atoms with E-state index in [1.165, 1.54) is 42.4 Å². The summed E-state index contributed by atoms with van der Waals surface area (Å²) in [5, 5.41) is 1.31. The Hall–Kier alpha value is -1.87. The Morgan fingerprint density at radius 3 is 2.86 bits per heavy atom. The Bertz CT molecular complexity index is 691. The average molecular weight is 296 g/mol. The van der Waals surface area contributed by atoms with Crippen molar-refractivity contribution in [3.05, 3.63) is 41.6 Å². The van der Waals surface area contributed by atoms with Crippen molar-refractivity contribution in [1.82, 2.24) is 9.88 Å². The van der Waals surface area contributed by atoms with Gasteiger partial charge in [-0.1, -0.05) is 19.1 Å². The summed E-state index contributed by atoms with van der Waals surface area (Å²) in [5.41, 5.74) is 3.72. The maximum atomic E-state index is 11.4. The van der Waals surface area contributed by atoms with Crippen molar-refractivity contribution in [1.29, 1.82) is 0 Å². The number of hydrogen-bond donors (Lipinski definition) is 1. The number of likely N-dealkylation sites (tertiary alicyclic amines) is 1. The number of benzene rings is 1. The lowest BCUT2D eigenvalue weighted by Crippen LogP contribution is -2.29. The third-order valence-electron chi connectivity index (χ3n) is 4.71. The molecule has 1 aromatic carbocycles. The molecule has 1 saturated heterocycles. The smallest absolute Gasteiger partial charge is 0.155 e. The lowest BCUT2D eigenvalue weighted by molar-refractivity contribution is -0.114. The van der Waals surface area contributed by atoms with Gasteiger partial charge in [0.2, 0.25) is 0 Å². The molecule has 3 heteroatoms. The number of carbonyl (C=O) groups is 1. The molecule has 1 aliphatic rings. The van der Waals surface area contributed by atoms with Crippen LogP contribution in [0.3, 0.4) is 0 Å². The third-order valence-corrected chi connectivity index (χ3v) is 4.71. The number of allylic oxidation sites excluding steroid dienone is 1. The fraction of sp³-hybridized carbons (Fsp3) is 0.421. The Labute approximate surface area is 132 Å². The van der Waals surface area contributed by atoms with Gasteiger partial charge in [-0.2, -0.15) is 0 Å². The minimum atomic E-state index is 0.171. The monoisotopic (exact) mass is 296 g/mol. The van der Waals surface area contributed by atoms with Gasteiger partial charge in [-0.05, 0) is 68.2 Å². The number of rotatable bonds is 4. The van der Waals surface area contributed by atoms with Gasteiger partial charge >= 0.3 is 0 Å². The van der Waals surface area contributed by atoms with Crippen LogP contribution < -0.4 is 0 Å². The summed E-state index contributed by atoms with van der Waals surface area (Å²) in [6.07, 6.45) is 8.78. The lowest BCUT2D eigenvalue weighted by Gasteiger charge is -2.28. The molecule has 116 valence electrons. The second kappa shape index (κ2) is 6.49. The van der Waals surface area contributed by atoms with Crippen molar-refractivity contribution in [2.24, 2.45) is 0 Å². The van der Waals surface area contributed by atoms with Crippen LogP contribution in [-0.4, -0.2) is 35.8 Å². The van der Waals surface area contributed by atoms with Crippen LogP contribution in [0.25, 0.3) is 17.0 Å². The van der Waals surface area contributed by atoms with E-state index in [0.717, 1.165) is 5.56 Å². The van der Waals surface area contributed by atoms with Crippen molar-refractivity contribution >= 4 is 22.8 Å². The number of nitrogens with zero attached hydrogens (tertiary/aromatic N) is 1. The van der Waals surface area contributed by atoms with Crippen molar-refractivity contribution in [2.75, 3.05) is 20.1 Å². The van der Waals surface area contributed by atoms with Crippen molar-refractivity contribution in [3.8, 4) is 0 Å². The molecule has 1 N–H and O–H groups in total. The van der Waals surface area contributed by atoms with Crippen LogP contribution >= 0.6 is 0 Å². The summed E-state index contributed by atoms with van der Waals surface area (Å²) < 4.78 is 0. The van der Waals surface area contributed by atoms with Gasteiger partial charge in [0.05, 0.1) is 0 Å². The van der Waals surface area contributed by atoms with Crippen LogP contribution in [0.15, 0.2) is 30.5 Å². The van der Waals surface area contributed by atoms with Crippen LogP contribution in [0.2, 0.25) is 0 Å². The molecule has 3 rings (SSSR count). The summed E-state index contributed by atoms with van der Waals surface area (Å²) in [4.78, 5) is 17.2. The van der Waals surface area contributed by atoms with Crippen molar-refractivity contribution in [2.45, 2.75) is 32.1 Å². The molecule has 0 bridgehead atoms. The number of ketones is 1. The van der Waals surface area contributed by atoms with E-state index in [4.69, 9.17) is 0 Å². The first-order valence-electron chi connectivity index (χ1n) is 8.18. The summed E-state index contributed by atoms with van der Waals surface area (Å²) in [6.45, 7) is 4.23. The molecule has 1 aliphatic heterocycles. The molecule has 0 spiro atoms. The minimum absolute atomic E-state index is 0.171. The molecule has 0 amide bonds. The molecule has 0 unspecified atom stereocenters. The average Bonchev–Trinajstić information content (AvgIpc) is 2.96. The van der Waals surface area contributed by atoms with Crippen LogP contribution in [0.1, 0.15) is 43.2 Å². The molecule has 3 nitrogen and oxygen atoms in total. The van der Waals surface area contributed by atoms with Gasteiger partial charge in [-0.25, -0.2) is 0 Å². The molecule has 22 heavy (non-hydrogen) atoms. The number of H-pyrrole nitrogens is 1.